The molecule has 0 aliphatic carbocycles. The molecular weight excluding hydrogens is 306 g/mol. The van der Waals surface area contributed by atoms with Gasteiger partial charge in [-0.3, -0.25) is 4.79 Å². The van der Waals surface area contributed by atoms with E-state index in [4.69, 9.17) is 4.74 Å². The lowest BCUT2D eigenvalue weighted by molar-refractivity contribution is -0.163. The van der Waals surface area contributed by atoms with Crippen LogP contribution in [0.3, 0.4) is 0 Å². The number of rotatable bonds is 4. The lowest BCUT2D eigenvalue weighted by Crippen LogP contribution is -2.63. The van der Waals surface area contributed by atoms with E-state index in [0.717, 1.165) is 11.3 Å². The zero-order valence-corrected chi connectivity index (χ0v) is 13.7. The van der Waals surface area contributed by atoms with Crippen molar-refractivity contribution in [3.63, 3.8) is 0 Å². The molecule has 6 atom stereocenters. The Morgan fingerprint density at radius 3 is 2.64 bits per heavy atom. The molecule has 3 aliphatic heterocycles. The van der Waals surface area contributed by atoms with Crippen molar-refractivity contribution in [3.05, 3.63) is 10.6 Å². The summed E-state index contributed by atoms with van der Waals surface area (Å²) in [4.78, 5) is 26.0. The monoisotopic (exact) mass is 327 g/mol. The molecule has 6 nitrogen and oxygen atoms in total. The third-order valence-electron chi connectivity index (χ3n) is 4.90. The number of aliphatic hydroxyl groups excluding tert-OH is 1. The largest absolute Gasteiger partial charge is 0.477 e. The molecule has 3 heterocycles. The van der Waals surface area contributed by atoms with Gasteiger partial charge in [0.05, 0.1) is 24.2 Å². The van der Waals surface area contributed by atoms with Gasteiger partial charge in [0.1, 0.15) is 5.70 Å². The van der Waals surface area contributed by atoms with E-state index in [1.54, 1.807) is 6.92 Å². The molecule has 1 amide bonds. The van der Waals surface area contributed by atoms with E-state index >= 15 is 0 Å². The first-order valence-corrected chi connectivity index (χ1v) is 8.49. The van der Waals surface area contributed by atoms with Crippen molar-refractivity contribution in [2.24, 2.45) is 11.8 Å². The molecule has 2 N–H and O–H groups in total. The maximum atomic E-state index is 12.2. The van der Waals surface area contributed by atoms with Crippen molar-refractivity contribution in [1.82, 2.24) is 4.90 Å². The molecule has 0 radical (unpaired) electrons. The molecule has 0 aromatic heterocycles. The molecule has 2 saturated heterocycles. The van der Waals surface area contributed by atoms with Crippen molar-refractivity contribution in [3.8, 4) is 0 Å². The zero-order chi connectivity index (χ0) is 16.2. The number of thioether (sulfide) groups is 1. The molecule has 3 rings (SSSR count). The number of hydrogen-bond donors (Lipinski definition) is 2. The maximum absolute atomic E-state index is 12.2. The Morgan fingerprint density at radius 1 is 1.45 bits per heavy atom. The Balaban J connectivity index is 1.90. The molecule has 122 valence electrons. The van der Waals surface area contributed by atoms with Crippen LogP contribution < -0.4 is 0 Å². The van der Waals surface area contributed by atoms with Crippen LogP contribution in [0.25, 0.3) is 0 Å². The number of fused-ring (bicyclic) bond motifs is 1. The van der Waals surface area contributed by atoms with Gasteiger partial charge in [-0.25, -0.2) is 4.79 Å². The van der Waals surface area contributed by atoms with E-state index in [1.807, 2.05) is 13.8 Å². The highest BCUT2D eigenvalue weighted by Gasteiger charge is 2.60. The van der Waals surface area contributed by atoms with Crippen LogP contribution in [0.1, 0.15) is 27.2 Å². The van der Waals surface area contributed by atoms with Crippen LogP contribution in [0.15, 0.2) is 10.6 Å². The smallest absolute Gasteiger partial charge is 0.353 e. The summed E-state index contributed by atoms with van der Waals surface area (Å²) < 4.78 is 5.55. The molecular formula is C15H21NO5S. The van der Waals surface area contributed by atoms with Gasteiger partial charge < -0.3 is 19.8 Å². The molecule has 0 spiro atoms. The number of carboxylic acid groups (broad SMARTS) is 1. The normalized spacial score (nSPS) is 39.0. The van der Waals surface area contributed by atoms with Crippen LogP contribution in [0.4, 0.5) is 0 Å². The Labute approximate surface area is 133 Å². The Bertz CT molecular complexity index is 546. The van der Waals surface area contributed by atoms with Crippen LogP contribution in [-0.2, 0) is 14.3 Å². The number of aliphatic hydroxyl groups is 1. The molecule has 0 saturated carbocycles. The van der Waals surface area contributed by atoms with E-state index in [0.29, 0.717) is 6.61 Å². The number of nitrogens with zero attached hydrogens (tertiary/aromatic N) is 1. The van der Waals surface area contributed by atoms with Crippen molar-refractivity contribution in [2.45, 2.75) is 50.7 Å². The highest BCUT2D eigenvalue weighted by molar-refractivity contribution is 8.03. The lowest BCUT2D eigenvalue weighted by Gasteiger charge is -2.46. The minimum atomic E-state index is -1.07. The van der Waals surface area contributed by atoms with Crippen LogP contribution >= 0.6 is 11.8 Å². The second kappa shape index (κ2) is 5.54. The van der Waals surface area contributed by atoms with Gasteiger partial charge in [0.25, 0.3) is 0 Å². The zero-order valence-electron chi connectivity index (χ0n) is 12.9. The van der Waals surface area contributed by atoms with Gasteiger partial charge in [-0.2, -0.15) is 0 Å². The van der Waals surface area contributed by atoms with Gasteiger partial charge in [-0.1, -0.05) is 6.92 Å². The van der Waals surface area contributed by atoms with Crippen LogP contribution in [0, 0.1) is 11.8 Å². The quantitative estimate of drug-likeness (QED) is 0.751. The number of carboxylic acids is 1. The summed E-state index contributed by atoms with van der Waals surface area (Å²) >= 11 is 1.53. The molecule has 0 bridgehead atoms. The van der Waals surface area contributed by atoms with Crippen molar-refractivity contribution < 1.29 is 24.5 Å². The van der Waals surface area contributed by atoms with E-state index in [2.05, 4.69) is 0 Å². The number of aliphatic carboxylic acids is 1. The minimum absolute atomic E-state index is 0.0683. The summed E-state index contributed by atoms with van der Waals surface area (Å²) in [5.41, 5.74) is 0.100. The summed E-state index contributed by atoms with van der Waals surface area (Å²) in [5, 5.41) is 19.6. The molecule has 22 heavy (non-hydrogen) atoms. The number of carbonyl (C=O) groups is 2. The fourth-order valence-corrected chi connectivity index (χ4v) is 5.17. The molecule has 4 unspecified atom stereocenters. The first-order chi connectivity index (χ1) is 10.3. The summed E-state index contributed by atoms with van der Waals surface area (Å²) in [5.74, 6) is -1.92. The highest BCUT2D eigenvalue weighted by atomic mass is 32.2. The maximum Gasteiger partial charge on any atom is 0.353 e. The first kappa shape index (κ1) is 15.8. The number of carbonyl (C=O) groups excluding carboxylic acids is 1. The van der Waals surface area contributed by atoms with Crippen LogP contribution in [-0.4, -0.2) is 57.1 Å². The number of ether oxygens (including phenoxy) is 1. The second-order valence-corrected chi connectivity index (χ2v) is 7.57. The fraction of sp³-hybridized carbons (Fsp3) is 0.733. The van der Waals surface area contributed by atoms with E-state index in [-0.39, 0.29) is 34.9 Å². The Kier molecular flexibility index (Phi) is 3.99. The molecule has 0 aromatic rings. The van der Waals surface area contributed by atoms with Crippen LogP contribution in [0.5, 0.6) is 0 Å². The first-order valence-electron chi connectivity index (χ1n) is 7.61. The Morgan fingerprint density at radius 2 is 2.14 bits per heavy atom. The SMILES string of the molecule is CC(O)C1C(=O)N2C(C(=O)O)=C(S[C@@H]3CCO[C@@H]3C)C(C)C12. The standard InChI is InChI=1S/C15H21NO5S/c1-6-11-10(7(2)17)14(18)16(11)12(15(19)20)13(6)22-9-4-5-21-8(9)3/h6-11,17H,4-5H2,1-3H3,(H,19,20)/t6?,7?,8-,9-,10?,11?/m1/s1. The predicted molar refractivity (Wildman–Crippen MR) is 81.0 cm³/mol. The van der Waals surface area contributed by atoms with Gasteiger partial charge in [0.15, 0.2) is 0 Å². The van der Waals surface area contributed by atoms with Gasteiger partial charge in [-0.05, 0) is 20.3 Å². The lowest BCUT2D eigenvalue weighted by atomic mass is 9.79. The van der Waals surface area contributed by atoms with E-state index in [9.17, 15) is 19.8 Å². The van der Waals surface area contributed by atoms with Gasteiger partial charge in [0.2, 0.25) is 5.91 Å². The van der Waals surface area contributed by atoms with Crippen molar-refractivity contribution in [1.29, 1.82) is 0 Å². The van der Waals surface area contributed by atoms with Gasteiger partial charge in [0, 0.05) is 22.7 Å². The number of amides is 1. The predicted octanol–water partition coefficient (Wildman–Crippen LogP) is 1.05. The molecule has 3 aliphatic rings. The number of β-lactam (4-membered cyclic amide) rings is 1. The average molecular weight is 327 g/mol. The fourth-order valence-electron chi connectivity index (χ4n) is 3.71. The van der Waals surface area contributed by atoms with E-state index < -0.39 is 18.0 Å². The number of hydrogen-bond acceptors (Lipinski definition) is 5. The molecule has 7 heteroatoms. The third-order valence-corrected chi connectivity index (χ3v) is 6.64. The van der Waals surface area contributed by atoms with Gasteiger partial charge >= 0.3 is 5.97 Å². The highest BCUT2D eigenvalue weighted by Crippen LogP contribution is 2.52. The summed E-state index contributed by atoms with van der Waals surface area (Å²) in [6, 6.07) is -0.237. The van der Waals surface area contributed by atoms with E-state index in [1.165, 1.54) is 16.7 Å². The summed E-state index contributed by atoms with van der Waals surface area (Å²) in [6.07, 6.45) is 0.202. The molecule has 2 fully saturated rings. The van der Waals surface area contributed by atoms with Crippen LogP contribution in [0.2, 0.25) is 0 Å². The Hall–Kier alpha value is -1.05. The summed E-state index contributed by atoms with van der Waals surface area (Å²) in [6.45, 7) is 6.21. The summed E-state index contributed by atoms with van der Waals surface area (Å²) in [7, 11) is 0. The third kappa shape index (κ3) is 2.18. The van der Waals surface area contributed by atoms with Gasteiger partial charge in [-0.15, -0.1) is 11.8 Å². The van der Waals surface area contributed by atoms with Crippen molar-refractivity contribution in [2.75, 3.05) is 6.61 Å². The second-order valence-electron chi connectivity index (χ2n) is 6.29. The minimum Gasteiger partial charge on any atom is -0.477 e. The molecule has 0 aromatic carbocycles. The topological polar surface area (TPSA) is 87.1 Å². The average Bonchev–Trinajstić information content (AvgIpc) is 2.92. The van der Waals surface area contributed by atoms with Crippen molar-refractivity contribution >= 4 is 23.6 Å².